The first kappa shape index (κ1) is 24.3. The summed E-state index contributed by atoms with van der Waals surface area (Å²) in [5.41, 5.74) is 8.63. The number of esters is 2. The first-order chi connectivity index (χ1) is 16.5. The van der Waals surface area contributed by atoms with Crippen molar-refractivity contribution in [3.05, 3.63) is 108 Å². The summed E-state index contributed by atoms with van der Waals surface area (Å²) in [4.78, 5) is 24.0. The van der Waals surface area contributed by atoms with E-state index < -0.39 is 18.0 Å². The number of benzene rings is 3. The second-order valence-corrected chi connectivity index (χ2v) is 7.37. The minimum Gasteiger partial charge on any atom is -0.493 e. The van der Waals surface area contributed by atoms with Crippen molar-refractivity contribution in [2.24, 2.45) is 0 Å². The van der Waals surface area contributed by atoms with Crippen molar-refractivity contribution in [2.45, 2.75) is 12.5 Å². The van der Waals surface area contributed by atoms with E-state index in [1.807, 2.05) is 66.7 Å². The average Bonchev–Trinajstić information content (AvgIpc) is 2.86. The number of carbonyl (C=O) groups is 2. The number of hydrogen-bond donors (Lipinski definition) is 1. The zero-order valence-electron chi connectivity index (χ0n) is 18.9. The molecule has 0 aliphatic heterocycles. The number of methoxy groups -OCH3 is 1. The highest BCUT2D eigenvalue weighted by atomic mass is 16.5. The molecule has 3 aromatic rings. The van der Waals surface area contributed by atoms with Crippen molar-refractivity contribution >= 4 is 29.8 Å². The van der Waals surface area contributed by atoms with Gasteiger partial charge < -0.3 is 19.9 Å². The number of anilines is 1. The van der Waals surface area contributed by atoms with Gasteiger partial charge in [-0.1, -0.05) is 54.6 Å². The smallest absolute Gasteiger partial charge is 0.338 e. The second-order valence-electron chi connectivity index (χ2n) is 7.37. The van der Waals surface area contributed by atoms with Crippen LogP contribution in [0.15, 0.2) is 91.0 Å². The van der Waals surface area contributed by atoms with E-state index in [-0.39, 0.29) is 6.61 Å². The molecule has 6 heteroatoms. The number of nitrogen functional groups attached to an aromatic ring is 1. The van der Waals surface area contributed by atoms with Gasteiger partial charge in [-0.2, -0.15) is 0 Å². The molecule has 1 atom stereocenters. The maximum absolute atomic E-state index is 12.6. The molecule has 0 amide bonds. The fourth-order valence-electron chi connectivity index (χ4n) is 3.12. The van der Waals surface area contributed by atoms with Gasteiger partial charge in [-0.05, 0) is 48.0 Å². The maximum Gasteiger partial charge on any atom is 0.338 e. The van der Waals surface area contributed by atoms with Crippen LogP contribution >= 0.6 is 0 Å². The lowest BCUT2D eigenvalue weighted by atomic mass is 10.1. The van der Waals surface area contributed by atoms with Crippen LogP contribution in [0.25, 0.3) is 12.2 Å². The van der Waals surface area contributed by atoms with E-state index in [4.69, 9.17) is 15.2 Å². The molecule has 3 aromatic carbocycles. The Balaban J connectivity index is 1.70. The van der Waals surface area contributed by atoms with Crippen LogP contribution in [0.4, 0.5) is 5.69 Å². The maximum atomic E-state index is 12.6. The minimum atomic E-state index is -0.521. The Kier molecular flexibility index (Phi) is 9.05. The predicted octanol–water partition coefficient (Wildman–Crippen LogP) is 5.16. The Bertz CT molecular complexity index is 1150. The summed E-state index contributed by atoms with van der Waals surface area (Å²) in [7, 11) is 1.32. The molecule has 174 valence electrons. The van der Waals surface area contributed by atoms with E-state index in [1.54, 1.807) is 30.3 Å². The Labute approximate surface area is 199 Å². The third-order valence-corrected chi connectivity index (χ3v) is 4.86. The van der Waals surface area contributed by atoms with Crippen LogP contribution in [0.2, 0.25) is 0 Å². The van der Waals surface area contributed by atoms with Crippen LogP contribution in [0, 0.1) is 0 Å². The summed E-state index contributed by atoms with van der Waals surface area (Å²) in [6.07, 6.45) is 6.56. The lowest BCUT2D eigenvalue weighted by molar-refractivity contribution is -0.134. The monoisotopic (exact) mass is 457 g/mol. The summed E-state index contributed by atoms with van der Waals surface area (Å²) in [5.74, 6) is -0.255. The SMILES string of the molecule is COC(=O)/C=C/c1ccccc1OCCC(/C=C/c1cccc(N)c1)OC(=O)c1ccccc1. The van der Waals surface area contributed by atoms with Crippen LogP contribution in [0.3, 0.4) is 0 Å². The highest BCUT2D eigenvalue weighted by Gasteiger charge is 2.14. The second kappa shape index (κ2) is 12.6. The van der Waals surface area contributed by atoms with Gasteiger partial charge in [-0.15, -0.1) is 0 Å². The first-order valence-electron chi connectivity index (χ1n) is 10.8. The molecule has 0 fully saturated rings. The van der Waals surface area contributed by atoms with Crippen molar-refractivity contribution in [3.8, 4) is 5.75 Å². The fraction of sp³-hybridized carbons (Fsp3) is 0.143. The van der Waals surface area contributed by atoms with Crippen molar-refractivity contribution in [3.63, 3.8) is 0 Å². The van der Waals surface area contributed by atoms with E-state index in [1.165, 1.54) is 13.2 Å². The molecule has 0 aliphatic carbocycles. The third-order valence-electron chi connectivity index (χ3n) is 4.86. The van der Waals surface area contributed by atoms with E-state index in [2.05, 4.69) is 4.74 Å². The molecule has 2 N–H and O–H groups in total. The number of rotatable bonds is 10. The van der Waals surface area contributed by atoms with Gasteiger partial charge in [0.2, 0.25) is 0 Å². The van der Waals surface area contributed by atoms with E-state index in [0.717, 1.165) is 11.1 Å². The zero-order chi connectivity index (χ0) is 24.2. The van der Waals surface area contributed by atoms with Gasteiger partial charge in [0.15, 0.2) is 0 Å². The molecule has 0 saturated heterocycles. The molecular formula is C28H27NO5. The van der Waals surface area contributed by atoms with Gasteiger partial charge in [0.1, 0.15) is 11.9 Å². The summed E-state index contributed by atoms with van der Waals surface area (Å²) >= 11 is 0. The summed E-state index contributed by atoms with van der Waals surface area (Å²) < 4.78 is 16.3. The van der Waals surface area contributed by atoms with Gasteiger partial charge in [0, 0.05) is 23.7 Å². The van der Waals surface area contributed by atoms with E-state index in [0.29, 0.717) is 23.4 Å². The largest absolute Gasteiger partial charge is 0.493 e. The van der Waals surface area contributed by atoms with Crippen LogP contribution < -0.4 is 10.5 Å². The minimum absolute atomic E-state index is 0.289. The molecule has 1 unspecified atom stereocenters. The molecule has 0 saturated carbocycles. The van der Waals surface area contributed by atoms with Gasteiger partial charge in [0.25, 0.3) is 0 Å². The Morgan fingerprint density at radius 2 is 1.71 bits per heavy atom. The molecular weight excluding hydrogens is 430 g/mol. The topological polar surface area (TPSA) is 87.8 Å². The highest BCUT2D eigenvalue weighted by Crippen LogP contribution is 2.20. The van der Waals surface area contributed by atoms with Crippen LogP contribution in [-0.4, -0.2) is 31.8 Å². The molecule has 0 spiro atoms. The van der Waals surface area contributed by atoms with Crippen molar-refractivity contribution in [1.29, 1.82) is 0 Å². The Morgan fingerprint density at radius 1 is 0.941 bits per heavy atom. The zero-order valence-corrected chi connectivity index (χ0v) is 18.9. The summed E-state index contributed by atoms with van der Waals surface area (Å²) in [6.45, 7) is 0.289. The van der Waals surface area contributed by atoms with Crippen LogP contribution in [0.1, 0.15) is 27.9 Å². The molecule has 0 radical (unpaired) electrons. The van der Waals surface area contributed by atoms with Crippen LogP contribution in [0.5, 0.6) is 5.75 Å². The van der Waals surface area contributed by atoms with Gasteiger partial charge in [-0.25, -0.2) is 9.59 Å². The predicted molar refractivity (Wildman–Crippen MR) is 133 cm³/mol. The third kappa shape index (κ3) is 7.67. The standard InChI is InChI=1S/C28H27NO5/c1-32-27(30)17-15-22-9-5-6-13-26(22)33-19-18-25(16-14-21-8-7-12-24(29)20-21)34-28(31)23-10-3-2-4-11-23/h2-17,20,25H,18-19,29H2,1H3/b16-14+,17-15+. The first-order valence-corrected chi connectivity index (χ1v) is 10.8. The average molecular weight is 458 g/mol. The number of ether oxygens (including phenoxy) is 3. The van der Waals surface area contributed by atoms with Crippen LogP contribution in [-0.2, 0) is 14.3 Å². The lowest BCUT2D eigenvalue weighted by Gasteiger charge is -2.16. The molecule has 0 aliphatic rings. The number of nitrogens with two attached hydrogens (primary N) is 1. The molecule has 0 aromatic heterocycles. The number of hydrogen-bond acceptors (Lipinski definition) is 6. The van der Waals surface area contributed by atoms with Crippen molar-refractivity contribution in [1.82, 2.24) is 0 Å². The van der Waals surface area contributed by atoms with Crippen molar-refractivity contribution < 1.29 is 23.8 Å². The molecule has 0 heterocycles. The molecule has 0 bridgehead atoms. The quantitative estimate of drug-likeness (QED) is 0.257. The molecule has 34 heavy (non-hydrogen) atoms. The Morgan fingerprint density at radius 3 is 2.47 bits per heavy atom. The summed E-state index contributed by atoms with van der Waals surface area (Å²) in [5, 5.41) is 0. The molecule has 6 nitrogen and oxygen atoms in total. The fourth-order valence-corrected chi connectivity index (χ4v) is 3.12. The summed E-state index contributed by atoms with van der Waals surface area (Å²) in [6, 6.07) is 23.6. The van der Waals surface area contributed by atoms with Gasteiger partial charge in [-0.3, -0.25) is 0 Å². The van der Waals surface area contributed by atoms with E-state index in [9.17, 15) is 9.59 Å². The van der Waals surface area contributed by atoms with Gasteiger partial charge in [0.05, 0.1) is 19.3 Å². The highest BCUT2D eigenvalue weighted by molar-refractivity contribution is 5.89. The van der Waals surface area contributed by atoms with Gasteiger partial charge >= 0.3 is 11.9 Å². The van der Waals surface area contributed by atoms with Crippen molar-refractivity contribution in [2.75, 3.05) is 19.5 Å². The van der Waals surface area contributed by atoms with E-state index >= 15 is 0 Å². The molecule has 3 rings (SSSR count). The lowest BCUT2D eigenvalue weighted by Crippen LogP contribution is -2.19. The number of carbonyl (C=O) groups excluding carboxylic acids is 2. The Hall–Kier alpha value is -4.32. The number of para-hydroxylation sites is 1. The normalized spacial score (nSPS) is 11.9.